The maximum absolute atomic E-state index is 2.26. The molecule has 0 bridgehead atoms. The van der Waals surface area contributed by atoms with Crippen molar-refractivity contribution in [2.45, 2.75) is 32.6 Å². The van der Waals surface area contributed by atoms with E-state index in [4.69, 9.17) is 0 Å². The average molecular weight is 241 g/mol. The van der Waals surface area contributed by atoms with Gasteiger partial charge in [0.15, 0.2) is 0 Å². The molecule has 0 aliphatic heterocycles. The van der Waals surface area contributed by atoms with Gasteiger partial charge in [-0.05, 0) is 35.2 Å². The van der Waals surface area contributed by atoms with Gasteiger partial charge in [0.1, 0.15) is 0 Å². The minimum Gasteiger partial charge on any atom is -0.377 e. The van der Waals surface area contributed by atoms with Crippen LogP contribution in [0.5, 0.6) is 0 Å². The van der Waals surface area contributed by atoms with Crippen LogP contribution in [0.25, 0.3) is 10.8 Å². The summed E-state index contributed by atoms with van der Waals surface area (Å²) in [5.74, 6) is 0. The normalized spacial score (nSPS) is 10.8. The van der Waals surface area contributed by atoms with Crippen molar-refractivity contribution in [1.29, 1.82) is 0 Å². The van der Waals surface area contributed by atoms with Crippen molar-refractivity contribution in [1.82, 2.24) is 0 Å². The first kappa shape index (κ1) is 12.9. The smallest absolute Gasteiger partial charge is 0.0400 e. The molecule has 1 heteroatoms. The van der Waals surface area contributed by atoms with E-state index in [1.54, 1.807) is 0 Å². The summed E-state index contributed by atoms with van der Waals surface area (Å²) in [6, 6.07) is 13.2. The van der Waals surface area contributed by atoms with Crippen molar-refractivity contribution >= 4 is 16.5 Å². The van der Waals surface area contributed by atoms with Gasteiger partial charge in [0.25, 0.3) is 0 Å². The number of nitrogens with zero attached hydrogens (tertiary/aromatic N) is 1. The molecular formula is C17H23N. The molecule has 0 saturated heterocycles. The van der Waals surface area contributed by atoms with Crippen molar-refractivity contribution in [3.63, 3.8) is 0 Å². The standard InChI is InChI=1S/C17H23N/c1-4-5-6-11-16-15-10-8-7-9-14(15)12-13-17(16)18(2)3/h7-10,12-13H,4-6,11H2,1-3H3. The van der Waals surface area contributed by atoms with E-state index >= 15 is 0 Å². The molecule has 0 amide bonds. The zero-order valence-corrected chi connectivity index (χ0v) is 11.7. The quantitative estimate of drug-likeness (QED) is 0.689. The summed E-state index contributed by atoms with van der Waals surface area (Å²) in [6.45, 7) is 2.26. The molecule has 0 N–H and O–H groups in total. The summed E-state index contributed by atoms with van der Waals surface area (Å²) in [5, 5.41) is 2.77. The van der Waals surface area contributed by atoms with E-state index in [0.717, 1.165) is 0 Å². The van der Waals surface area contributed by atoms with Crippen molar-refractivity contribution < 1.29 is 0 Å². The lowest BCUT2D eigenvalue weighted by molar-refractivity contribution is 0.719. The Morgan fingerprint density at radius 1 is 0.944 bits per heavy atom. The highest BCUT2D eigenvalue weighted by Gasteiger charge is 2.08. The summed E-state index contributed by atoms with van der Waals surface area (Å²) >= 11 is 0. The van der Waals surface area contributed by atoms with Crippen LogP contribution in [0.3, 0.4) is 0 Å². The first-order valence-electron chi connectivity index (χ1n) is 6.92. The van der Waals surface area contributed by atoms with Crippen LogP contribution in [-0.2, 0) is 6.42 Å². The molecule has 0 radical (unpaired) electrons. The van der Waals surface area contributed by atoms with Crippen molar-refractivity contribution in [2.24, 2.45) is 0 Å². The van der Waals surface area contributed by atoms with E-state index in [0.29, 0.717) is 0 Å². The van der Waals surface area contributed by atoms with Gasteiger partial charge in [-0.25, -0.2) is 0 Å². The van der Waals surface area contributed by atoms with E-state index in [1.165, 1.54) is 47.7 Å². The van der Waals surface area contributed by atoms with Crippen molar-refractivity contribution in [3.8, 4) is 0 Å². The molecule has 0 aromatic heterocycles. The van der Waals surface area contributed by atoms with Gasteiger partial charge in [-0.2, -0.15) is 0 Å². The third-order valence-electron chi connectivity index (χ3n) is 3.53. The summed E-state index contributed by atoms with van der Waals surface area (Å²) in [4.78, 5) is 2.23. The van der Waals surface area contributed by atoms with Gasteiger partial charge in [-0.1, -0.05) is 50.1 Å². The summed E-state index contributed by atoms with van der Waals surface area (Å²) in [6.07, 6.45) is 5.06. The number of rotatable bonds is 5. The Morgan fingerprint density at radius 3 is 2.44 bits per heavy atom. The number of hydrogen-bond acceptors (Lipinski definition) is 1. The van der Waals surface area contributed by atoms with Crippen LogP contribution in [0.1, 0.15) is 31.7 Å². The van der Waals surface area contributed by atoms with E-state index in [9.17, 15) is 0 Å². The molecule has 18 heavy (non-hydrogen) atoms. The molecule has 0 aliphatic rings. The molecular weight excluding hydrogens is 218 g/mol. The van der Waals surface area contributed by atoms with Crippen LogP contribution in [0.2, 0.25) is 0 Å². The van der Waals surface area contributed by atoms with Crippen LogP contribution in [0.4, 0.5) is 5.69 Å². The summed E-state index contributed by atoms with van der Waals surface area (Å²) in [7, 11) is 4.26. The Bertz CT molecular complexity index is 514. The highest BCUT2D eigenvalue weighted by atomic mass is 15.1. The van der Waals surface area contributed by atoms with Crippen LogP contribution in [0.15, 0.2) is 36.4 Å². The van der Waals surface area contributed by atoms with Crippen LogP contribution < -0.4 is 4.90 Å². The van der Waals surface area contributed by atoms with Crippen molar-refractivity contribution in [3.05, 3.63) is 42.0 Å². The molecule has 0 unspecified atom stereocenters. The third-order valence-corrected chi connectivity index (χ3v) is 3.53. The molecule has 0 spiro atoms. The Morgan fingerprint density at radius 2 is 1.72 bits per heavy atom. The fourth-order valence-electron chi connectivity index (χ4n) is 2.56. The molecule has 2 aromatic rings. The molecule has 2 rings (SSSR count). The molecule has 0 aliphatic carbocycles. The van der Waals surface area contributed by atoms with Gasteiger partial charge >= 0.3 is 0 Å². The topological polar surface area (TPSA) is 3.24 Å². The molecule has 96 valence electrons. The highest BCUT2D eigenvalue weighted by molar-refractivity contribution is 5.90. The van der Waals surface area contributed by atoms with Crippen LogP contribution in [-0.4, -0.2) is 14.1 Å². The Balaban J connectivity index is 2.45. The Kier molecular flexibility index (Phi) is 4.24. The minimum atomic E-state index is 1.18. The predicted molar refractivity (Wildman–Crippen MR) is 81.5 cm³/mol. The largest absolute Gasteiger partial charge is 0.377 e. The Labute approximate surface area is 110 Å². The second-order valence-electron chi connectivity index (χ2n) is 5.14. The lowest BCUT2D eigenvalue weighted by Gasteiger charge is -2.19. The van der Waals surface area contributed by atoms with E-state index in [1.807, 2.05) is 0 Å². The van der Waals surface area contributed by atoms with E-state index < -0.39 is 0 Å². The van der Waals surface area contributed by atoms with Gasteiger partial charge in [-0.15, -0.1) is 0 Å². The maximum atomic E-state index is 2.26. The van der Waals surface area contributed by atoms with E-state index in [-0.39, 0.29) is 0 Å². The minimum absolute atomic E-state index is 1.18. The van der Waals surface area contributed by atoms with Gasteiger partial charge in [0.2, 0.25) is 0 Å². The molecule has 0 heterocycles. The monoisotopic (exact) mass is 241 g/mol. The number of unbranched alkanes of at least 4 members (excludes halogenated alkanes) is 2. The summed E-state index contributed by atoms with van der Waals surface area (Å²) in [5.41, 5.74) is 2.87. The second kappa shape index (κ2) is 5.90. The molecule has 1 nitrogen and oxygen atoms in total. The number of benzene rings is 2. The van der Waals surface area contributed by atoms with Gasteiger partial charge in [0.05, 0.1) is 0 Å². The number of fused-ring (bicyclic) bond motifs is 1. The lowest BCUT2D eigenvalue weighted by Crippen LogP contribution is -2.11. The fraction of sp³-hybridized carbons (Fsp3) is 0.412. The van der Waals surface area contributed by atoms with Crippen LogP contribution >= 0.6 is 0 Å². The number of anilines is 1. The SMILES string of the molecule is CCCCCc1c(N(C)C)ccc2ccccc12. The summed E-state index contributed by atoms with van der Waals surface area (Å²) < 4.78 is 0. The number of aryl methyl sites for hydroxylation is 1. The zero-order valence-electron chi connectivity index (χ0n) is 11.7. The number of hydrogen-bond donors (Lipinski definition) is 0. The average Bonchev–Trinajstić information content (AvgIpc) is 2.38. The van der Waals surface area contributed by atoms with Gasteiger partial charge in [0, 0.05) is 19.8 Å². The molecule has 0 fully saturated rings. The molecule has 2 aromatic carbocycles. The van der Waals surface area contributed by atoms with Crippen molar-refractivity contribution in [2.75, 3.05) is 19.0 Å². The lowest BCUT2D eigenvalue weighted by atomic mass is 9.97. The van der Waals surface area contributed by atoms with Crippen LogP contribution in [0, 0.1) is 0 Å². The van der Waals surface area contributed by atoms with Gasteiger partial charge in [-0.3, -0.25) is 0 Å². The first-order chi connectivity index (χ1) is 8.74. The maximum Gasteiger partial charge on any atom is 0.0400 e. The Hall–Kier alpha value is -1.50. The zero-order chi connectivity index (χ0) is 13.0. The molecule has 0 atom stereocenters. The predicted octanol–water partition coefficient (Wildman–Crippen LogP) is 4.64. The second-order valence-corrected chi connectivity index (χ2v) is 5.14. The third kappa shape index (κ3) is 2.66. The van der Waals surface area contributed by atoms with Gasteiger partial charge < -0.3 is 4.90 Å². The molecule has 0 saturated carbocycles. The first-order valence-corrected chi connectivity index (χ1v) is 6.92. The van der Waals surface area contributed by atoms with E-state index in [2.05, 4.69) is 62.3 Å². The fourth-order valence-corrected chi connectivity index (χ4v) is 2.56. The highest BCUT2D eigenvalue weighted by Crippen LogP contribution is 2.29.